The Balaban J connectivity index is 1.82. The van der Waals surface area contributed by atoms with Gasteiger partial charge < -0.3 is 10.2 Å². The lowest BCUT2D eigenvalue weighted by Gasteiger charge is -2.36. The van der Waals surface area contributed by atoms with Crippen molar-refractivity contribution in [3.63, 3.8) is 0 Å². The van der Waals surface area contributed by atoms with Gasteiger partial charge in [-0.15, -0.1) is 0 Å². The van der Waals surface area contributed by atoms with Crippen molar-refractivity contribution in [1.29, 1.82) is 0 Å². The first kappa shape index (κ1) is 12.4. The van der Waals surface area contributed by atoms with Crippen LogP contribution in [0.1, 0.15) is 31.2 Å². The number of hydrogen-bond donors (Lipinski definition) is 1. The molecule has 2 unspecified atom stereocenters. The molecule has 0 radical (unpaired) electrons. The Kier molecular flexibility index (Phi) is 3.32. The zero-order valence-corrected chi connectivity index (χ0v) is 12.6. The summed E-state index contributed by atoms with van der Waals surface area (Å²) < 4.78 is 1.14. The zero-order valence-electron chi connectivity index (χ0n) is 11.0. The molecule has 1 aromatic heterocycles. The van der Waals surface area contributed by atoms with Crippen LogP contribution in [-0.4, -0.2) is 30.2 Å². The Morgan fingerprint density at radius 3 is 2.67 bits per heavy atom. The summed E-state index contributed by atoms with van der Waals surface area (Å²) in [6, 6.07) is 4.11. The lowest BCUT2D eigenvalue weighted by atomic mass is 9.98. The maximum absolute atomic E-state index is 4.54. The van der Waals surface area contributed by atoms with Crippen molar-refractivity contribution in [2.24, 2.45) is 0 Å². The first-order valence-electron chi connectivity index (χ1n) is 6.75. The number of piperidine rings is 1. The predicted octanol–water partition coefficient (Wildman–Crippen LogP) is 2.87. The van der Waals surface area contributed by atoms with Gasteiger partial charge in [0, 0.05) is 31.4 Å². The van der Waals surface area contributed by atoms with Gasteiger partial charge in [0.25, 0.3) is 0 Å². The molecule has 2 atom stereocenters. The molecule has 0 aromatic carbocycles. The van der Waals surface area contributed by atoms with E-state index in [0.29, 0.717) is 6.04 Å². The van der Waals surface area contributed by atoms with Gasteiger partial charge in [-0.25, -0.2) is 4.98 Å². The largest absolute Gasteiger partial charge is 0.356 e. The summed E-state index contributed by atoms with van der Waals surface area (Å²) in [6.45, 7) is 2.12. The standard InChI is InChI=1S/C14H20BrN3/c1-9-5-6-16-14(13(9)15)18(2)12-7-10-3-4-11(8-12)17-10/h5-6,10-12,17H,3-4,7-8H2,1-2H3. The van der Waals surface area contributed by atoms with Crippen molar-refractivity contribution in [3.05, 3.63) is 22.3 Å². The average molecular weight is 310 g/mol. The Morgan fingerprint density at radius 1 is 1.33 bits per heavy atom. The van der Waals surface area contributed by atoms with Gasteiger partial charge in [-0.1, -0.05) is 0 Å². The van der Waals surface area contributed by atoms with Crippen LogP contribution in [0.2, 0.25) is 0 Å². The Hall–Kier alpha value is -0.610. The molecule has 2 bridgehead atoms. The Bertz CT molecular complexity index is 437. The van der Waals surface area contributed by atoms with Crippen LogP contribution >= 0.6 is 15.9 Å². The average Bonchev–Trinajstić information content (AvgIpc) is 2.71. The van der Waals surface area contributed by atoms with Gasteiger partial charge in [-0.3, -0.25) is 0 Å². The minimum absolute atomic E-state index is 0.620. The van der Waals surface area contributed by atoms with E-state index in [4.69, 9.17) is 0 Å². The third-order valence-electron chi connectivity index (χ3n) is 4.39. The summed E-state index contributed by atoms with van der Waals surface area (Å²) in [7, 11) is 2.18. The number of nitrogens with zero attached hydrogens (tertiary/aromatic N) is 2. The van der Waals surface area contributed by atoms with E-state index in [1.165, 1.54) is 31.2 Å². The predicted molar refractivity (Wildman–Crippen MR) is 78.0 cm³/mol. The Morgan fingerprint density at radius 2 is 2.00 bits per heavy atom. The lowest BCUT2D eigenvalue weighted by molar-refractivity contribution is 0.353. The molecular formula is C14H20BrN3. The third-order valence-corrected chi connectivity index (χ3v) is 5.37. The molecule has 2 aliphatic heterocycles. The summed E-state index contributed by atoms with van der Waals surface area (Å²) in [6.07, 6.45) is 7.08. The van der Waals surface area contributed by atoms with Crippen LogP contribution in [0.5, 0.6) is 0 Å². The molecule has 18 heavy (non-hydrogen) atoms. The minimum Gasteiger partial charge on any atom is -0.356 e. The van der Waals surface area contributed by atoms with Crippen molar-refractivity contribution in [2.45, 2.75) is 50.7 Å². The van der Waals surface area contributed by atoms with Gasteiger partial charge in [-0.2, -0.15) is 0 Å². The Labute approximate surface area is 117 Å². The molecule has 2 fully saturated rings. The third kappa shape index (κ3) is 2.16. The number of fused-ring (bicyclic) bond motifs is 2. The molecule has 1 N–H and O–H groups in total. The SMILES string of the molecule is Cc1ccnc(N(C)C2CC3CCC(C2)N3)c1Br. The molecule has 98 valence electrons. The normalized spacial score (nSPS) is 30.5. The first-order valence-corrected chi connectivity index (χ1v) is 7.54. The van der Waals surface area contributed by atoms with E-state index in [1.54, 1.807) is 0 Å². The van der Waals surface area contributed by atoms with Crippen molar-refractivity contribution in [3.8, 4) is 0 Å². The van der Waals surface area contributed by atoms with Crippen LogP contribution in [0.4, 0.5) is 5.82 Å². The topological polar surface area (TPSA) is 28.2 Å². The van der Waals surface area contributed by atoms with E-state index in [1.807, 2.05) is 12.3 Å². The second-order valence-corrected chi connectivity index (χ2v) is 6.43. The van der Waals surface area contributed by atoms with Crippen LogP contribution < -0.4 is 10.2 Å². The van der Waals surface area contributed by atoms with Crippen molar-refractivity contribution >= 4 is 21.7 Å². The van der Waals surface area contributed by atoms with E-state index in [2.05, 4.69) is 45.1 Å². The monoisotopic (exact) mass is 309 g/mol. The fraction of sp³-hybridized carbons (Fsp3) is 0.643. The minimum atomic E-state index is 0.620. The van der Waals surface area contributed by atoms with Gasteiger partial charge in [0.2, 0.25) is 0 Å². The summed E-state index contributed by atoms with van der Waals surface area (Å²) in [5, 5.41) is 3.69. The molecule has 3 nitrogen and oxygen atoms in total. The highest BCUT2D eigenvalue weighted by Crippen LogP contribution is 2.34. The number of anilines is 1. The highest BCUT2D eigenvalue weighted by Gasteiger charge is 2.35. The number of aryl methyl sites for hydroxylation is 1. The molecule has 0 spiro atoms. The van der Waals surface area contributed by atoms with Gasteiger partial charge in [-0.05, 0) is 60.2 Å². The van der Waals surface area contributed by atoms with Gasteiger partial charge >= 0.3 is 0 Å². The molecule has 4 heteroatoms. The number of halogens is 1. The quantitative estimate of drug-likeness (QED) is 0.910. The number of nitrogens with one attached hydrogen (secondary N) is 1. The summed E-state index contributed by atoms with van der Waals surface area (Å²) in [5.74, 6) is 1.08. The molecule has 0 aliphatic carbocycles. The van der Waals surface area contributed by atoms with Crippen LogP contribution in [-0.2, 0) is 0 Å². The van der Waals surface area contributed by atoms with Crippen LogP contribution in [0.25, 0.3) is 0 Å². The van der Waals surface area contributed by atoms with Crippen LogP contribution in [0, 0.1) is 6.92 Å². The van der Waals surface area contributed by atoms with E-state index < -0.39 is 0 Å². The van der Waals surface area contributed by atoms with Crippen LogP contribution in [0.3, 0.4) is 0 Å². The smallest absolute Gasteiger partial charge is 0.143 e. The zero-order chi connectivity index (χ0) is 12.7. The number of aromatic nitrogens is 1. The number of pyridine rings is 1. The highest BCUT2D eigenvalue weighted by molar-refractivity contribution is 9.10. The van der Waals surface area contributed by atoms with Gasteiger partial charge in [0.05, 0.1) is 4.47 Å². The molecule has 2 aliphatic rings. The molecule has 3 rings (SSSR count). The number of hydrogen-bond acceptors (Lipinski definition) is 3. The fourth-order valence-corrected chi connectivity index (χ4v) is 3.80. The van der Waals surface area contributed by atoms with Crippen molar-refractivity contribution < 1.29 is 0 Å². The molecule has 0 amide bonds. The number of rotatable bonds is 2. The van der Waals surface area contributed by atoms with E-state index in [0.717, 1.165) is 22.4 Å². The summed E-state index contributed by atoms with van der Waals surface area (Å²) in [4.78, 5) is 6.91. The maximum atomic E-state index is 4.54. The second kappa shape index (κ2) is 4.82. The summed E-state index contributed by atoms with van der Waals surface area (Å²) in [5.41, 5.74) is 1.25. The molecule has 2 saturated heterocycles. The first-order chi connectivity index (χ1) is 8.65. The van der Waals surface area contributed by atoms with E-state index >= 15 is 0 Å². The van der Waals surface area contributed by atoms with E-state index in [9.17, 15) is 0 Å². The van der Waals surface area contributed by atoms with Crippen molar-refractivity contribution in [1.82, 2.24) is 10.3 Å². The maximum Gasteiger partial charge on any atom is 0.143 e. The highest BCUT2D eigenvalue weighted by atomic mass is 79.9. The fourth-order valence-electron chi connectivity index (χ4n) is 3.29. The lowest BCUT2D eigenvalue weighted by Crippen LogP contribution is -2.47. The second-order valence-electron chi connectivity index (χ2n) is 5.64. The summed E-state index contributed by atoms with van der Waals surface area (Å²) >= 11 is 3.67. The van der Waals surface area contributed by atoms with Gasteiger partial charge in [0.1, 0.15) is 5.82 Å². The van der Waals surface area contributed by atoms with Gasteiger partial charge in [0.15, 0.2) is 0 Å². The molecule has 3 heterocycles. The molecule has 1 aromatic rings. The van der Waals surface area contributed by atoms with Crippen LogP contribution in [0.15, 0.2) is 16.7 Å². The van der Waals surface area contributed by atoms with Crippen molar-refractivity contribution in [2.75, 3.05) is 11.9 Å². The molecule has 0 saturated carbocycles. The molecular weight excluding hydrogens is 290 g/mol. The van der Waals surface area contributed by atoms with E-state index in [-0.39, 0.29) is 0 Å².